The quantitative estimate of drug-likeness (QED) is 0.517. The smallest absolute Gasteiger partial charge is 0.268 e. The number of para-hydroxylation sites is 3. The zero-order chi connectivity index (χ0) is 24.8. The monoisotopic (exact) mass is 475 g/mol. The van der Waals surface area contributed by atoms with E-state index in [0.29, 0.717) is 34.3 Å². The second-order valence-electron chi connectivity index (χ2n) is 7.77. The highest BCUT2D eigenvalue weighted by Gasteiger charge is 2.33. The van der Waals surface area contributed by atoms with Crippen molar-refractivity contribution in [2.45, 2.75) is 13.0 Å². The van der Waals surface area contributed by atoms with Gasteiger partial charge in [0, 0.05) is 11.4 Å². The number of amides is 3. The van der Waals surface area contributed by atoms with Crippen LogP contribution in [0, 0.1) is 0 Å². The van der Waals surface area contributed by atoms with Crippen LogP contribution in [0.4, 0.5) is 17.1 Å². The van der Waals surface area contributed by atoms with Gasteiger partial charge >= 0.3 is 0 Å². The average Bonchev–Trinajstić information content (AvgIpc) is 2.86. The molecule has 3 aromatic carbocycles. The number of fused-ring (bicyclic) bond motifs is 1. The number of carbonyl (C=O) groups is 3. The summed E-state index contributed by atoms with van der Waals surface area (Å²) in [6.45, 7) is 1.17. The largest absolute Gasteiger partial charge is 0.493 e. The highest BCUT2D eigenvalue weighted by Crippen LogP contribution is 2.36. The number of anilines is 3. The van der Waals surface area contributed by atoms with Gasteiger partial charge in [-0.25, -0.2) is 0 Å². The van der Waals surface area contributed by atoms with Gasteiger partial charge in [-0.3, -0.25) is 19.3 Å². The molecule has 0 saturated carbocycles. The van der Waals surface area contributed by atoms with Crippen LogP contribution in [0.1, 0.15) is 6.92 Å². The van der Waals surface area contributed by atoms with Crippen LogP contribution in [0.2, 0.25) is 0 Å². The summed E-state index contributed by atoms with van der Waals surface area (Å²) in [5, 5.41) is 5.51. The summed E-state index contributed by atoms with van der Waals surface area (Å²) in [5.74, 6) is 0.281. The Morgan fingerprint density at radius 3 is 2.34 bits per heavy atom. The maximum absolute atomic E-state index is 12.8. The fourth-order valence-corrected chi connectivity index (χ4v) is 3.59. The van der Waals surface area contributed by atoms with E-state index in [9.17, 15) is 14.4 Å². The standard InChI is InChI=1S/C26H25N3O6/c1-17-26(32)29(15-24(30)27-18-8-4-3-5-9-18)20-14-19(12-13-21(20)35-17)28-25(31)16-34-23-11-7-6-10-22(23)33-2/h3-14,17H,15-16H2,1-2H3,(H,27,30)(H,28,31). The van der Waals surface area contributed by atoms with Gasteiger partial charge in [0.05, 0.1) is 12.8 Å². The van der Waals surface area contributed by atoms with Crippen molar-refractivity contribution in [1.29, 1.82) is 0 Å². The molecule has 0 aromatic heterocycles. The van der Waals surface area contributed by atoms with Crippen molar-refractivity contribution in [1.82, 2.24) is 0 Å². The van der Waals surface area contributed by atoms with Gasteiger partial charge in [-0.2, -0.15) is 0 Å². The highest BCUT2D eigenvalue weighted by atomic mass is 16.5. The topological polar surface area (TPSA) is 106 Å². The normalized spacial score (nSPS) is 14.4. The summed E-state index contributed by atoms with van der Waals surface area (Å²) in [4.78, 5) is 39.3. The Kier molecular flexibility index (Phi) is 7.15. The molecule has 1 atom stereocenters. The minimum Gasteiger partial charge on any atom is -0.493 e. The van der Waals surface area contributed by atoms with E-state index < -0.39 is 12.0 Å². The Hall–Kier alpha value is -4.53. The van der Waals surface area contributed by atoms with E-state index in [1.54, 1.807) is 73.7 Å². The number of rotatable bonds is 8. The van der Waals surface area contributed by atoms with E-state index in [1.807, 2.05) is 6.07 Å². The third-order valence-electron chi connectivity index (χ3n) is 5.24. The molecule has 0 aliphatic carbocycles. The van der Waals surface area contributed by atoms with Gasteiger partial charge < -0.3 is 24.8 Å². The minimum absolute atomic E-state index is 0.206. The number of hydrogen-bond donors (Lipinski definition) is 2. The van der Waals surface area contributed by atoms with Crippen molar-refractivity contribution < 1.29 is 28.6 Å². The first-order valence-corrected chi connectivity index (χ1v) is 11.0. The fourth-order valence-electron chi connectivity index (χ4n) is 3.59. The molecule has 1 heterocycles. The Morgan fingerprint density at radius 2 is 1.60 bits per heavy atom. The predicted molar refractivity (Wildman–Crippen MR) is 131 cm³/mol. The summed E-state index contributed by atoms with van der Waals surface area (Å²) >= 11 is 0. The number of nitrogens with one attached hydrogen (secondary N) is 2. The highest BCUT2D eigenvalue weighted by molar-refractivity contribution is 6.06. The Labute approximate surface area is 202 Å². The number of ether oxygens (including phenoxy) is 3. The first kappa shape index (κ1) is 23.6. The third-order valence-corrected chi connectivity index (χ3v) is 5.24. The van der Waals surface area contributed by atoms with Crippen LogP contribution in [-0.4, -0.2) is 44.1 Å². The van der Waals surface area contributed by atoms with Crippen molar-refractivity contribution in [3.05, 3.63) is 72.8 Å². The number of methoxy groups -OCH3 is 1. The summed E-state index contributed by atoms with van der Waals surface area (Å²) in [6, 6.07) is 20.9. The maximum atomic E-state index is 12.8. The zero-order valence-corrected chi connectivity index (χ0v) is 19.3. The van der Waals surface area contributed by atoms with Crippen LogP contribution >= 0.6 is 0 Å². The van der Waals surface area contributed by atoms with Gasteiger partial charge in [-0.1, -0.05) is 30.3 Å². The Balaban J connectivity index is 1.46. The summed E-state index contributed by atoms with van der Waals surface area (Å²) < 4.78 is 16.5. The van der Waals surface area contributed by atoms with Crippen LogP contribution in [-0.2, 0) is 14.4 Å². The van der Waals surface area contributed by atoms with E-state index in [-0.39, 0.29) is 25.0 Å². The minimum atomic E-state index is -0.748. The van der Waals surface area contributed by atoms with Gasteiger partial charge in [-0.05, 0) is 49.4 Å². The molecule has 0 spiro atoms. The SMILES string of the molecule is COc1ccccc1OCC(=O)Nc1ccc2c(c1)N(CC(=O)Nc1ccccc1)C(=O)C(C)O2. The lowest BCUT2D eigenvalue weighted by Gasteiger charge is -2.33. The summed E-state index contributed by atoms with van der Waals surface area (Å²) in [7, 11) is 1.52. The van der Waals surface area contributed by atoms with Crippen LogP contribution < -0.4 is 29.7 Å². The van der Waals surface area contributed by atoms with E-state index in [0.717, 1.165) is 0 Å². The van der Waals surface area contributed by atoms with E-state index >= 15 is 0 Å². The number of hydrogen-bond acceptors (Lipinski definition) is 6. The van der Waals surface area contributed by atoms with Gasteiger partial charge in [0.2, 0.25) is 5.91 Å². The molecule has 35 heavy (non-hydrogen) atoms. The molecule has 0 saturated heterocycles. The lowest BCUT2D eigenvalue weighted by Crippen LogP contribution is -2.47. The van der Waals surface area contributed by atoms with Crippen LogP contribution in [0.3, 0.4) is 0 Å². The Morgan fingerprint density at radius 1 is 0.914 bits per heavy atom. The first-order valence-electron chi connectivity index (χ1n) is 11.0. The van der Waals surface area contributed by atoms with Crippen molar-refractivity contribution >= 4 is 34.8 Å². The fraction of sp³-hybridized carbons (Fsp3) is 0.192. The van der Waals surface area contributed by atoms with E-state index in [2.05, 4.69) is 10.6 Å². The van der Waals surface area contributed by atoms with Crippen molar-refractivity contribution in [3.8, 4) is 17.2 Å². The maximum Gasteiger partial charge on any atom is 0.268 e. The molecule has 1 unspecified atom stereocenters. The third kappa shape index (κ3) is 5.70. The van der Waals surface area contributed by atoms with E-state index in [4.69, 9.17) is 14.2 Å². The van der Waals surface area contributed by atoms with Crippen molar-refractivity contribution in [3.63, 3.8) is 0 Å². The number of benzene rings is 3. The predicted octanol–water partition coefficient (Wildman–Crippen LogP) is 3.47. The molecule has 180 valence electrons. The molecule has 0 bridgehead atoms. The van der Waals surface area contributed by atoms with Gasteiger partial charge in [-0.15, -0.1) is 0 Å². The summed E-state index contributed by atoms with van der Waals surface area (Å²) in [5.41, 5.74) is 1.44. The lowest BCUT2D eigenvalue weighted by atomic mass is 10.1. The molecule has 1 aliphatic heterocycles. The average molecular weight is 476 g/mol. The van der Waals surface area contributed by atoms with Gasteiger partial charge in [0.1, 0.15) is 12.3 Å². The molecular formula is C26H25N3O6. The summed E-state index contributed by atoms with van der Waals surface area (Å²) in [6.07, 6.45) is -0.748. The molecule has 3 amide bonds. The van der Waals surface area contributed by atoms with Crippen LogP contribution in [0.5, 0.6) is 17.2 Å². The molecule has 3 aromatic rings. The van der Waals surface area contributed by atoms with Gasteiger partial charge in [0.15, 0.2) is 24.2 Å². The first-order chi connectivity index (χ1) is 16.9. The van der Waals surface area contributed by atoms with E-state index in [1.165, 1.54) is 12.0 Å². The Bertz CT molecular complexity index is 1230. The van der Waals surface area contributed by atoms with Crippen LogP contribution in [0.25, 0.3) is 0 Å². The lowest BCUT2D eigenvalue weighted by molar-refractivity contribution is -0.127. The van der Waals surface area contributed by atoms with Crippen molar-refractivity contribution in [2.75, 3.05) is 35.8 Å². The molecule has 9 nitrogen and oxygen atoms in total. The molecule has 2 N–H and O–H groups in total. The zero-order valence-electron chi connectivity index (χ0n) is 19.3. The molecule has 0 radical (unpaired) electrons. The second kappa shape index (κ2) is 10.6. The van der Waals surface area contributed by atoms with Crippen LogP contribution in [0.15, 0.2) is 72.8 Å². The molecule has 1 aliphatic rings. The number of carbonyl (C=O) groups excluding carboxylic acids is 3. The molecule has 0 fully saturated rings. The van der Waals surface area contributed by atoms with Gasteiger partial charge in [0.25, 0.3) is 11.8 Å². The molecule has 4 rings (SSSR count). The molecule has 9 heteroatoms. The molecular weight excluding hydrogens is 450 g/mol. The number of nitrogens with zero attached hydrogens (tertiary/aromatic N) is 1. The second-order valence-corrected chi connectivity index (χ2v) is 7.77. The van der Waals surface area contributed by atoms with Crippen molar-refractivity contribution in [2.24, 2.45) is 0 Å².